The Morgan fingerprint density at radius 2 is 2.24 bits per heavy atom. The summed E-state index contributed by atoms with van der Waals surface area (Å²) >= 11 is 0. The van der Waals surface area contributed by atoms with E-state index in [2.05, 4.69) is 16.9 Å². The predicted octanol–water partition coefficient (Wildman–Crippen LogP) is 3.10. The summed E-state index contributed by atoms with van der Waals surface area (Å²) < 4.78 is 0. The fourth-order valence-electron chi connectivity index (χ4n) is 2.82. The summed E-state index contributed by atoms with van der Waals surface area (Å²) in [4.78, 5) is 9.17. The number of nitrogens with zero attached hydrogens (tertiary/aromatic N) is 2. The third-order valence-electron chi connectivity index (χ3n) is 4.01. The molecule has 1 aliphatic rings. The van der Waals surface area contributed by atoms with Crippen molar-refractivity contribution in [3.63, 3.8) is 0 Å². The van der Waals surface area contributed by atoms with Crippen molar-refractivity contribution in [1.29, 1.82) is 0 Å². The minimum atomic E-state index is 0.0241. The molecule has 3 atom stereocenters. The van der Waals surface area contributed by atoms with Crippen LogP contribution < -0.4 is 5.73 Å². The molecule has 0 aromatic carbocycles. The van der Waals surface area contributed by atoms with Crippen molar-refractivity contribution in [2.75, 3.05) is 0 Å². The van der Waals surface area contributed by atoms with E-state index in [9.17, 15) is 0 Å². The normalized spacial score (nSPS) is 26.1. The van der Waals surface area contributed by atoms with Crippen LogP contribution in [0.15, 0.2) is 6.20 Å². The van der Waals surface area contributed by atoms with E-state index in [-0.39, 0.29) is 6.04 Å². The summed E-state index contributed by atoms with van der Waals surface area (Å²) in [7, 11) is 0. The van der Waals surface area contributed by atoms with E-state index in [4.69, 9.17) is 5.73 Å². The molecule has 0 bridgehead atoms. The van der Waals surface area contributed by atoms with Crippen molar-refractivity contribution < 1.29 is 0 Å². The van der Waals surface area contributed by atoms with E-state index < -0.39 is 0 Å². The van der Waals surface area contributed by atoms with Crippen molar-refractivity contribution in [3.05, 3.63) is 23.3 Å². The molecule has 1 aromatic heterocycles. The zero-order valence-electron chi connectivity index (χ0n) is 11.1. The Hall–Kier alpha value is -0.960. The summed E-state index contributed by atoms with van der Waals surface area (Å²) in [5, 5.41) is 0. The molecule has 0 radical (unpaired) electrons. The molecule has 1 fully saturated rings. The van der Waals surface area contributed by atoms with E-state index >= 15 is 0 Å². The SMILES string of the molecule is CCC1CCC(c2ncc(C(C)N)c(C)n2)C1. The Kier molecular flexibility index (Phi) is 3.77. The van der Waals surface area contributed by atoms with Crippen LogP contribution in [0.2, 0.25) is 0 Å². The molecule has 2 rings (SSSR count). The lowest BCUT2D eigenvalue weighted by molar-refractivity contribution is 0.516. The lowest BCUT2D eigenvalue weighted by Crippen LogP contribution is -2.11. The topological polar surface area (TPSA) is 51.8 Å². The highest BCUT2D eigenvalue weighted by molar-refractivity contribution is 5.20. The van der Waals surface area contributed by atoms with E-state index in [0.717, 1.165) is 23.0 Å². The maximum absolute atomic E-state index is 5.88. The van der Waals surface area contributed by atoms with Gasteiger partial charge in [0.05, 0.1) is 0 Å². The molecule has 17 heavy (non-hydrogen) atoms. The number of hydrogen-bond acceptors (Lipinski definition) is 3. The zero-order chi connectivity index (χ0) is 12.4. The molecule has 1 aliphatic carbocycles. The summed E-state index contributed by atoms with van der Waals surface area (Å²) in [6.45, 7) is 6.29. The van der Waals surface area contributed by atoms with Crippen LogP contribution in [0.5, 0.6) is 0 Å². The largest absolute Gasteiger partial charge is 0.324 e. The second-order valence-corrected chi connectivity index (χ2v) is 5.34. The van der Waals surface area contributed by atoms with Crippen LogP contribution in [-0.4, -0.2) is 9.97 Å². The molecule has 0 spiro atoms. The molecule has 3 unspecified atom stereocenters. The fraction of sp³-hybridized carbons (Fsp3) is 0.714. The van der Waals surface area contributed by atoms with Gasteiger partial charge in [-0.2, -0.15) is 0 Å². The molecule has 0 amide bonds. The average Bonchev–Trinajstić information content (AvgIpc) is 2.76. The van der Waals surface area contributed by atoms with Crippen LogP contribution in [0.1, 0.15) is 68.6 Å². The summed E-state index contributed by atoms with van der Waals surface area (Å²) in [6, 6.07) is 0.0241. The van der Waals surface area contributed by atoms with E-state index in [0.29, 0.717) is 5.92 Å². The molecule has 3 nitrogen and oxygen atoms in total. The zero-order valence-corrected chi connectivity index (χ0v) is 11.1. The van der Waals surface area contributed by atoms with Gasteiger partial charge in [-0.15, -0.1) is 0 Å². The van der Waals surface area contributed by atoms with Crippen LogP contribution in [0, 0.1) is 12.8 Å². The van der Waals surface area contributed by atoms with Gasteiger partial charge in [0.1, 0.15) is 5.82 Å². The number of rotatable bonds is 3. The Bertz CT molecular complexity index is 387. The van der Waals surface area contributed by atoms with Gasteiger partial charge in [0.15, 0.2) is 0 Å². The fourth-order valence-corrected chi connectivity index (χ4v) is 2.82. The van der Waals surface area contributed by atoms with Gasteiger partial charge in [-0.25, -0.2) is 9.97 Å². The smallest absolute Gasteiger partial charge is 0.131 e. The van der Waals surface area contributed by atoms with E-state index in [1.165, 1.54) is 25.7 Å². The van der Waals surface area contributed by atoms with Gasteiger partial charge < -0.3 is 5.73 Å². The van der Waals surface area contributed by atoms with E-state index in [1.807, 2.05) is 20.0 Å². The quantitative estimate of drug-likeness (QED) is 0.872. The third-order valence-corrected chi connectivity index (χ3v) is 4.01. The Morgan fingerprint density at radius 1 is 1.47 bits per heavy atom. The number of aromatic nitrogens is 2. The van der Waals surface area contributed by atoms with Gasteiger partial charge in [-0.3, -0.25) is 0 Å². The highest BCUT2D eigenvalue weighted by atomic mass is 14.9. The van der Waals surface area contributed by atoms with Crippen LogP contribution in [0.3, 0.4) is 0 Å². The number of nitrogens with two attached hydrogens (primary N) is 1. The number of hydrogen-bond donors (Lipinski definition) is 1. The third kappa shape index (κ3) is 2.65. The summed E-state index contributed by atoms with van der Waals surface area (Å²) in [5.41, 5.74) is 8.00. The molecule has 1 aromatic rings. The van der Waals surface area contributed by atoms with Gasteiger partial charge >= 0.3 is 0 Å². The second kappa shape index (κ2) is 5.13. The van der Waals surface area contributed by atoms with Crippen LogP contribution in [0.4, 0.5) is 0 Å². The highest BCUT2D eigenvalue weighted by Gasteiger charge is 2.26. The Labute approximate surface area is 104 Å². The summed E-state index contributed by atoms with van der Waals surface area (Å²) in [6.07, 6.45) is 7.04. The van der Waals surface area contributed by atoms with Gasteiger partial charge in [0.2, 0.25) is 0 Å². The average molecular weight is 233 g/mol. The monoisotopic (exact) mass is 233 g/mol. The van der Waals surface area contributed by atoms with Crippen LogP contribution >= 0.6 is 0 Å². The molecule has 94 valence electrons. The highest BCUT2D eigenvalue weighted by Crippen LogP contribution is 2.38. The van der Waals surface area contributed by atoms with Crippen LogP contribution in [0.25, 0.3) is 0 Å². The Balaban J connectivity index is 2.15. The van der Waals surface area contributed by atoms with Gasteiger partial charge in [0, 0.05) is 29.4 Å². The van der Waals surface area contributed by atoms with E-state index in [1.54, 1.807) is 0 Å². The van der Waals surface area contributed by atoms with Gasteiger partial charge in [0.25, 0.3) is 0 Å². The first-order valence-electron chi connectivity index (χ1n) is 6.70. The van der Waals surface area contributed by atoms with Crippen molar-refractivity contribution >= 4 is 0 Å². The van der Waals surface area contributed by atoms with Crippen molar-refractivity contribution in [2.45, 2.75) is 58.4 Å². The molecule has 2 N–H and O–H groups in total. The number of aryl methyl sites for hydroxylation is 1. The second-order valence-electron chi connectivity index (χ2n) is 5.34. The van der Waals surface area contributed by atoms with Gasteiger partial charge in [-0.05, 0) is 39.0 Å². The van der Waals surface area contributed by atoms with Crippen molar-refractivity contribution in [3.8, 4) is 0 Å². The predicted molar refractivity (Wildman–Crippen MR) is 69.7 cm³/mol. The molecule has 0 aliphatic heterocycles. The first kappa shape index (κ1) is 12.5. The minimum Gasteiger partial charge on any atom is -0.324 e. The molecular formula is C14H23N3. The van der Waals surface area contributed by atoms with Gasteiger partial charge in [-0.1, -0.05) is 13.3 Å². The van der Waals surface area contributed by atoms with Crippen LogP contribution in [-0.2, 0) is 0 Å². The maximum atomic E-state index is 5.88. The molecule has 1 saturated carbocycles. The maximum Gasteiger partial charge on any atom is 0.131 e. The van der Waals surface area contributed by atoms with Crippen molar-refractivity contribution in [2.24, 2.45) is 11.7 Å². The lowest BCUT2D eigenvalue weighted by atomic mass is 10.0. The lowest BCUT2D eigenvalue weighted by Gasteiger charge is -2.13. The first-order valence-corrected chi connectivity index (χ1v) is 6.70. The molecule has 3 heteroatoms. The van der Waals surface area contributed by atoms with Crippen molar-refractivity contribution in [1.82, 2.24) is 9.97 Å². The molecular weight excluding hydrogens is 210 g/mol. The molecule has 1 heterocycles. The first-order chi connectivity index (χ1) is 8.11. The Morgan fingerprint density at radius 3 is 2.76 bits per heavy atom. The summed E-state index contributed by atoms with van der Waals surface area (Å²) in [5.74, 6) is 2.47. The molecule has 0 saturated heterocycles. The standard InChI is InChI=1S/C14H23N3/c1-4-11-5-6-12(7-11)14-16-8-13(9(2)15)10(3)17-14/h8-9,11-12H,4-7,15H2,1-3H3. The minimum absolute atomic E-state index is 0.0241.